The zero-order chi connectivity index (χ0) is 17.5. The van der Waals surface area contributed by atoms with Crippen LogP contribution in [0, 0.1) is 0 Å². The van der Waals surface area contributed by atoms with E-state index in [2.05, 4.69) is 10.6 Å². The van der Waals surface area contributed by atoms with Gasteiger partial charge in [0.25, 0.3) is 0 Å². The number of esters is 1. The van der Waals surface area contributed by atoms with E-state index in [1.54, 1.807) is 4.90 Å². The van der Waals surface area contributed by atoms with Crippen molar-refractivity contribution < 1.29 is 19.1 Å². The highest BCUT2D eigenvalue weighted by molar-refractivity contribution is 5.95. The molecule has 0 aromatic heterocycles. The molecule has 2 N–H and O–H groups in total. The molecule has 0 spiro atoms. The van der Waals surface area contributed by atoms with Gasteiger partial charge in [0, 0.05) is 13.1 Å². The third-order valence-electron chi connectivity index (χ3n) is 3.95. The van der Waals surface area contributed by atoms with Crippen LogP contribution in [-0.4, -0.2) is 49.0 Å². The van der Waals surface area contributed by atoms with Crippen LogP contribution >= 0.6 is 0 Å². The van der Waals surface area contributed by atoms with E-state index in [4.69, 9.17) is 4.74 Å². The first kappa shape index (κ1) is 17.9. The number of methoxy groups -OCH3 is 1. The second-order valence-electron chi connectivity index (χ2n) is 5.72. The molecule has 0 aliphatic carbocycles. The monoisotopic (exact) mass is 333 g/mol. The number of ether oxygens (including phenoxy) is 1. The lowest BCUT2D eigenvalue weighted by atomic mass is 9.94. The number of urea groups is 1. The van der Waals surface area contributed by atoms with Crippen molar-refractivity contribution in [3.63, 3.8) is 0 Å². The minimum absolute atomic E-state index is 0.0480. The van der Waals surface area contributed by atoms with Crippen molar-refractivity contribution >= 4 is 17.9 Å². The van der Waals surface area contributed by atoms with E-state index in [1.807, 2.05) is 31.2 Å². The smallest absolute Gasteiger partial charge is 0.323 e. The molecule has 0 saturated heterocycles. The Hall–Kier alpha value is -2.41. The minimum atomic E-state index is -0.533. The summed E-state index contributed by atoms with van der Waals surface area (Å²) in [6.45, 7) is 2.84. The van der Waals surface area contributed by atoms with Gasteiger partial charge in [0.05, 0.1) is 13.7 Å². The van der Waals surface area contributed by atoms with Gasteiger partial charge >= 0.3 is 12.0 Å². The Bertz CT molecular complexity index is 618. The average molecular weight is 333 g/mol. The summed E-state index contributed by atoms with van der Waals surface area (Å²) in [5.41, 5.74) is 2.14. The number of imide groups is 1. The van der Waals surface area contributed by atoms with Gasteiger partial charge in [-0.3, -0.25) is 19.8 Å². The van der Waals surface area contributed by atoms with E-state index in [-0.39, 0.29) is 12.5 Å². The first-order valence-electron chi connectivity index (χ1n) is 8.01. The summed E-state index contributed by atoms with van der Waals surface area (Å²) in [4.78, 5) is 37.4. The minimum Gasteiger partial charge on any atom is -0.468 e. The van der Waals surface area contributed by atoms with Crippen LogP contribution in [0.15, 0.2) is 24.3 Å². The molecule has 0 saturated carbocycles. The molecule has 1 aromatic rings. The fraction of sp³-hybridized carbons (Fsp3) is 0.471. The van der Waals surface area contributed by atoms with Crippen LogP contribution in [0.5, 0.6) is 0 Å². The maximum absolute atomic E-state index is 12.1. The lowest BCUT2D eigenvalue weighted by Crippen LogP contribution is -2.51. The van der Waals surface area contributed by atoms with Crippen molar-refractivity contribution in [3.05, 3.63) is 35.4 Å². The summed E-state index contributed by atoms with van der Waals surface area (Å²) in [6.07, 6.45) is 1.27. The molecule has 0 fully saturated rings. The molecule has 1 aliphatic heterocycles. The highest BCUT2D eigenvalue weighted by atomic mass is 16.5. The highest BCUT2D eigenvalue weighted by Gasteiger charge is 2.33. The number of amides is 3. The van der Waals surface area contributed by atoms with Crippen molar-refractivity contribution in [3.8, 4) is 0 Å². The summed E-state index contributed by atoms with van der Waals surface area (Å²) in [5.74, 6) is -0.829. The van der Waals surface area contributed by atoms with Crippen LogP contribution in [-0.2, 0) is 27.3 Å². The van der Waals surface area contributed by atoms with E-state index in [9.17, 15) is 14.4 Å². The number of hydrogen-bond donors (Lipinski definition) is 2. The molecule has 0 radical (unpaired) electrons. The molecule has 0 unspecified atom stereocenters. The molecule has 24 heavy (non-hydrogen) atoms. The number of hydrogen-bond acceptors (Lipinski definition) is 5. The first-order chi connectivity index (χ1) is 11.5. The maximum atomic E-state index is 12.1. The number of rotatable bonds is 5. The molecule has 3 amide bonds. The van der Waals surface area contributed by atoms with Crippen LogP contribution in [0.25, 0.3) is 0 Å². The molecule has 7 nitrogen and oxygen atoms in total. The quantitative estimate of drug-likeness (QED) is 0.779. The van der Waals surface area contributed by atoms with Crippen molar-refractivity contribution in [2.45, 2.75) is 32.4 Å². The van der Waals surface area contributed by atoms with E-state index in [0.29, 0.717) is 19.5 Å². The zero-order valence-electron chi connectivity index (χ0n) is 14.0. The van der Waals surface area contributed by atoms with Crippen LogP contribution in [0.3, 0.4) is 0 Å². The van der Waals surface area contributed by atoms with Crippen molar-refractivity contribution in [1.82, 2.24) is 15.5 Å². The fourth-order valence-corrected chi connectivity index (χ4v) is 2.75. The van der Waals surface area contributed by atoms with Crippen molar-refractivity contribution in [2.75, 3.05) is 20.2 Å². The number of nitrogens with one attached hydrogen (secondary N) is 2. The first-order valence-corrected chi connectivity index (χ1v) is 8.01. The van der Waals surface area contributed by atoms with Crippen LogP contribution in [0.2, 0.25) is 0 Å². The zero-order valence-corrected chi connectivity index (χ0v) is 14.0. The standard InChI is InChI=1S/C17H23N3O4/c1-3-8-18-17(23)19-15(21)11-20-10-13-7-5-4-6-12(13)9-14(20)16(22)24-2/h4-7,14H,3,8-11H2,1-2H3,(H2,18,19,21,23)/t14-/m0/s1. The van der Waals surface area contributed by atoms with Gasteiger partial charge in [-0.1, -0.05) is 31.2 Å². The molecule has 2 rings (SSSR count). The molecular formula is C17H23N3O4. The molecule has 0 bridgehead atoms. The maximum Gasteiger partial charge on any atom is 0.323 e. The Labute approximate surface area is 141 Å². The number of carbonyl (C=O) groups excluding carboxylic acids is 3. The number of nitrogens with zero attached hydrogens (tertiary/aromatic N) is 1. The number of carbonyl (C=O) groups is 3. The number of fused-ring (bicyclic) bond motifs is 1. The third kappa shape index (κ3) is 4.55. The molecule has 1 aromatic carbocycles. The van der Waals surface area contributed by atoms with E-state index in [1.165, 1.54) is 7.11 Å². The Morgan fingerprint density at radius 1 is 1.25 bits per heavy atom. The Kier molecular flexibility index (Phi) is 6.31. The highest BCUT2D eigenvalue weighted by Crippen LogP contribution is 2.23. The Balaban J connectivity index is 2.04. The van der Waals surface area contributed by atoms with Gasteiger partial charge in [-0.25, -0.2) is 4.79 Å². The van der Waals surface area contributed by atoms with Crippen molar-refractivity contribution in [2.24, 2.45) is 0 Å². The SMILES string of the molecule is CCCNC(=O)NC(=O)CN1Cc2ccccc2C[C@H]1C(=O)OC. The molecule has 7 heteroatoms. The number of benzene rings is 1. The van der Waals surface area contributed by atoms with E-state index in [0.717, 1.165) is 17.5 Å². The van der Waals surface area contributed by atoms with Gasteiger partial charge in [0.1, 0.15) is 6.04 Å². The van der Waals surface area contributed by atoms with Gasteiger partial charge < -0.3 is 10.1 Å². The van der Waals surface area contributed by atoms with Gasteiger partial charge in [-0.05, 0) is 24.0 Å². The average Bonchev–Trinajstić information content (AvgIpc) is 2.58. The van der Waals surface area contributed by atoms with Crippen LogP contribution < -0.4 is 10.6 Å². The molecule has 1 heterocycles. The summed E-state index contributed by atoms with van der Waals surface area (Å²) >= 11 is 0. The third-order valence-corrected chi connectivity index (χ3v) is 3.95. The molecule has 1 aliphatic rings. The van der Waals surface area contributed by atoms with E-state index >= 15 is 0 Å². The Morgan fingerprint density at radius 2 is 1.96 bits per heavy atom. The van der Waals surface area contributed by atoms with Crippen molar-refractivity contribution in [1.29, 1.82) is 0 Å². The summed E-state index contributed by atoms with van der Waals surface area (Å²) in [7, 11) is 1.33. The van der Waals surface area contributed by atoms with Crippen LogP contribution in [0.4, 0.5) is 4.79 Å². The predicted octanol–water partition coefficient (Wildman–Crippen LogP) is 0.822. The predicted molar refractivity (Wildman–Crippen MR) is 88.2 cm³/mol. The lowest BCUT2D eigenvalue weighted by Gasteiger charge is -2.34. The second kappa shape index (κ2) is 8.44. The van der Waals surface area contributed by atoms with Gasteiger partial charge in [0.15, 0.2) is 0 Å². The van der Waals surface area contributed by atoms with Gasteiger partial charge in [0.2, 0.25) is 5.91 Å². The largest absolute Gasteiger partial charge is 0.468 e. The fourth-order valence-electron chi connectivity index (χ4n) is 2.75. The second-order valence-corrected chi connectivity index (χ2v) is 5.72. The summed E-state index contributed by atoms with van der Waals surface area (Å²) in [5, 5.41) is 4.86. The van der Waals surface area contributed by atoms with Gasteiger partial charge in [-0.15, -0.1) is 0 Å². The lowest BCUT2D eigenvalue weighted by molar-refractivity contribution is -0.148. The van der Waals surface area contributed by atoms with Crippen LogP contribution in [0.1, 0.15) is 24.5 Å². The summed E-state index contributed by atoms with van der Waals surface area (Å²) < 4.78 is 4.86. The molecule has 130 valence electrons. The van der Waals surface area contributed by atoms with Gasteiger partial charge in [-0.2, -0.15) is 0 Å². The van der Waals surface area contributed by atoms with E-state index < -0.39 is 18.0 Å². The molecular weight excluding hydrogens is 310 g/mol. The molecule has 1 atom stereocenters. The summed E-state index contributed by atoms with van der Waals surface area (Å²) in [6, 6.07) is 6.74. The normalized spacial score (nSPS) is 16.8. The Morgan fingerprint density at radius 3 is 2.62 bits per heavy atom. The topological polar surface area (TPSA) is 87.7 Å².